The molecule has 0 spiro atoms. The van der Waals surface area contributed by atoms with Gasteiger partial charge in [-0.1, -0.05) is 32.8 Å². The standard InChI is InChI=1S/C16H24N2S/c1-13(2)9-14-5-3-7-16(10-14,12-17)18-11-15-6-4-8-19-15/h4,6,8,13-14,18H,3,5,7,9-11H2,1-2H3. The van der Waals surface area contributed by atoms with E-state index in [2.05, 4.69) is 42.7 Å². The minimum Gasteiger partial charge on any atom is -0.294 e. The fourth-order valence-electron chi connectivity index (χ4n) is 3.23. The van der Waals surface area contributed by atoms with Crippen LogP contribution in [0.15, 0.2) is 17.5 Å². The molecule has 0 bridgehead atoms. The first-order chi connectivity index (χ1) is 9.13. The predicted octanol–water partition coefficient (Wildman–Crippen LogP) is 4.34. The van der Waals surface area contributed by atoms with E-state index in [1.54, 1.807) is 11.3 Å². The third kappa shape index (κ3) is 4.06. The van der Waals surface area contributed by atoms with Crippen molar-refractivity contribution in [3.63, 3.8) is 0 Å². The minimum atomic E-state index is -0.290. The molecule has 1 saturated carbocycles. The highest BCUT2D eigenvalue weighted by Gasteiger charge is 2.36. The third-order valence-corrected chi connectivity index (χ3v) is 4.93. The summed E-state index contributed by atoms with van der Waals surface area (Å²) in [6.45, 7) is 5.39. The average molecular weight is 276 g/mol. The van der Waals surface area contributed by atoms with Crippen LogP contribution >= 0.6 is 11.3 Å². The van der Waals surface area contributed by atoms with Crippen LogP contribution in [0.2, 0.25) is 0 Å². The topological polar surface area (TPSA) is 35.8 Å². The molecule has 1 aliphatic rings. The molecule has 0 radical (unpaired) electrons. The van der Waals surface area contributed by atoms with Gasteiger partial charge < -0.3 is 0 Å². The van der Waals surface area contributed by atoms with Gasteiger partial charge in [0, 0.05) is 11.4 Å². The highest BCUT2D eigenvalue weighted by atomic mass is 32.1. The number of hydrogen-bond acceptors (Lipinski definition) is 3. The van der Waals surface area contributed by atoms with E-state index in [1.165, 1.54) is 24.1 Å². The first kappa shape index (κ1) is 14.6. The Morgan fingerprint density at radius 2 is 2.42 bits per heavy atom. The van der Waals surface area contributed by atoms with Crippen LogP contribution in [0, 0.1) is 23.2 Å². The molecule has 2 atom stereocenters. The van der Waals surface area contributed by atoms with E-state index in [0.29, 0.717) is 5.92 Å². The summed E-state index contributed by atoms with van der Waals surface area (Å²) in [7, 11) is 0. The second-order valence-corrected chi connectivity index (χ2v) is 7.25. The van der Waals surface area contributed by atoms with Gasteiger partial charge in [0.15, 0.2) is 0 Å². The SMILES string of the molecule is CC(C)CC1CCCC(C#N)(NCc2cccs2)C1. The first-order valence-electron chi connectivity index (χ1n) is 7.32. The Labute approximate surface area is 120 Å². The Morgan fingerprint density at radius 1 is 1.58 bits per heavy atom. The van der Waals surface area contributed by atoms with Gasteiger partial charge in [-0.2, -0.15) is 5.26 Å². The summed E-state index contributed by atoms with van der Waals surface area (Å²) in [5.41, 5.74) is -0.290. The molecule has 1 fully saturated rings. The average Bonchev–Trinajstić information content (AvgIpc) is 2.89. The molecule has 0 aliphatic heterocycles. The van der Waals surface area contributed by atoms with Crippen molar-refractivity contribution >= 4 is 11.3 Å². The summed E-state index contributed by atoms with van der Waals surface area (Å²) in [5, 5.41) is 15.2. The zero-order chi connectivity index (χ0) is 13.7. The molecular formula is C16H24N2S. The van der Waals surface area contributed by atoms with Crippen LogP contribution in [-0.2, 0) is 6.54 Å². The molecule has 1 N–H and O–H groups in total. The van der Waals surface area contributed by atoms with E-state index >= 15 is 0 Å². The first-order valence-corrected chi connectivity index (χ1v) is 8.20. The molecule has 3 heteroatoms. The van der Waals surface area contributed by atoms with Gasteiger partial charge in [0.1, 0.15) is 5.54 Å². The van der Waals surface area contributed by atoms with Crippen LogP contribution < -0.4 is 5.32 Å². The van der Waals surface area contributed by atoms with Gasteiger partial charge in [0.25, 0.3) is 0 Å². The molecule has 1 heterocycles. The fraction of sp³-hybridized carbons (Fsp3) is 0.688. The zero-order valence-electron chi connectivity index (χ0n) is 12.0. The lowest BCUT2D eigenvalue weighted by Gasteiger charge is -2.37. The van der Waals surface area contributed by atoms with E-state index in [9.17, 15) is 5.26 Å². The third-order valence-electron chi connectivity index (χ3n) is 4.05. The normalized spacial score (nSPS) is 27.4. The lowest BCUT2D eigenvalue weighted by molar-refractivity contribution is 0.206. The van der Waals surface area contributed by atoms with Crippen molar-refractivity contribution in [1.29, 1.82) is 5.26 Å². The molecular weight excluding hydrogens is 252 g/mol. The van der Waals surface area contributed by atoms with Gasteiger partial charge in [0.2, 0.25) is 0 Å². The van der Waals surface area contributed by atoms with Crippen molar-refractivity contribution in [3.8, 4) is 6.07 Å². The molecule has 1 aliphatic carbocycles. The molecule has 1 aromatic rings. The van der Waals surface area contributed by atoms with Crippen LogP contribution in [0.4, 0.5) is 0 Å². The molecule has 0 amide bonds. The molecule has 2 nitrogen and oxygen atoms in total. The fourth-order valence-corrected chi connectivity index (χ4v) is 3.87. The second kappa shape index (κ2) is 6.54. The van der Waals surface area contributed by atoms with Crippen LogP contribution in [-0.4, -0.2) is 5.54 Å². The quantitative estimate of drug-likeness (QED) is 0.868. The Kier molecular flexibility index (Phi) is 5.01. The summed E-state index contributed by atoms with van der Waals surface area (Å²) in [4.78, 5) is 1.32. The largest absolute Gasteiger partial charge is 0.294 e. The maximum atomic E-state index is 9.61. The molecule has 104 valence electrons. The van der Waals surface area contributed by atoms with Crippen molar-refractivity contribution in [2.24, 2.45) is 11.8 Å². The van der Waals surface area contributed by atoms with Crippen molar-refractivity contribution in [1.82, 2.24) is 5.32 Å². The zero-order valence-corrected chi connectivity index (χ0v) is 12.8. The number of nitrogens with one attached hydrogen (secondary N) is 1. The van der Waals surface area contributed by atoms with Crippen LogP contribution in [0.1, 0.15) is 50.8 Å². The van der Waals surface area contributed by atoms with E-state index in [0.717, 1.165) is 25.3 Å². The molecule has 2 unspecified atom stereocenters. The van der Waals surface area contributed by atoms with E-state index in [1.807, 2.05) is 0 Å². The van der Waals surface area contributed by atoms with Crippen LogP contribution in [0.25, 0.3) is 0 Å². The Morgan fingerprint density at radius 3 is 3.05 bits per heavy atom. The van der Waals surface area contributed by atoms with Crippen molar-refractivity contribution < 1.29 is 0 Å². The Balaban J connectivity index is 1.95. The monoisotopic (exact) mass is 276 g/mol. The van der Waals surface area contributed by atoms with E-state index < -0.39 is 0 Å². The smallest absolute Gasteiger partial charge is 0.107 e. The number of thiophene rings is 1. The highest BCUT2D eigenvalue weighted by Crippen LogP contribution is 2.35. The van der Waals surface area contributed by atoms with Crippen LogP contribution in [0.5, 0.6) is 0 Å². The molecule has 0 aromatic carbocycles. The van der Waals surface area contributed by atoms with E-state index in [-0.39, 0.29) is 5.54 Å². The summed E-state index contributed by atoms with van der Waals surface area (Å²) < 4.78 is 0. The highest BCUT2D eigenvalue weighted by molar-refractivity contribution is 7.09. The van der Waals surface area contributed by atoms with Crippen molar-refractivity contribution in [2.75, 3.05) is 0 Å². The summed E-state index contributed by atoms with van der Waals surface area (Å²) in [6.07, 6.45) is 5.76. The maximum Gasteiger partial charge on any atom is 0.107 e. The maximum absolute atomic E-state index is 9.61. The van der Waals surface area contributed by atoms with Gasteiger partial charge >= 0.3 is 0 Å². The van der Waals surface area contributed by atoms with Crippen molar-refractivity contribution in [2.45, 2.75) is 58.0 Å². The number of hydrogen-bond donors (Lipinski definition) is 1. The second-order valence-electron chi connectivity index (χ2n) is 6.22. The molecule has 2 rings (SSSR count). The van der Waals surface area contributed by atoms with Gasteiger partial charge in [-0.15, -0.1) is 11.3 Å². The number of rotatable bonds is 5. The predicted molar refractivity (Wildman–Crippen MR) is 80.9 cm³/mol. The number of nitrogens with zero attached hydrogens (tertiary/aromatic N) is 1. The van der Waals surface area contributed by atoms with Gasteiger partial charge in [-0.3, -0.25) is 5.32 Å². The summed E-state index contributed by atoms with van der Waals surface area (Å²) in [6, 6.07) is 6.79. The lowest BCUT2D eigenvalue weighted by Crippen LogP contribution is -2.47. The molecule has 0 saturated heterocycles. The van der Waals surface area contributed by atoms with Gasteiger partial charge in [-0.25, -0.2) is 0 Å². The minimum absolute atomic E-state index is 0.290. The van der Waals surface area contributed by atoms with Crippen molar-refractivity contribution in [3.05, 3.63) is 22.4 Å². The van der Waals surface area contributed by atoms with Crippen LogP contribution in [0.3, 0.4) is 0 Å². The molecule has 19 heavy (non-hydrogen) atoms. The molecule has 1 aromatic heterocycles. The number of nitriles is 1. The van der Waals surface area contributed by atoms with E-state index in [4.69, 9.17) is 0 Å². The Bertz CT molecular complexity index is 418. The lowest BCUT2D eigenvalue weighted by atomic mass is 9.74. The summed E-state index contributed by atoms with van der Waals surface area (Å²) in [5.74, 6) is 1.45. The Hall–Kier alpha value is -0.850. The van der Waals surface area contributed by atoms with Gasteiger partial charge in [0.05, 0.1) is 6.07 Å². The summed E-state index contributed by atoms with van der Waals surface area (Å²) >= 11 is 1.76. The van der Waals surface area contributed by atoms with Gasteiger partial charge in [-0.05, 0) is 42.5 Å².